The molecule has 1 aromatic heterocycles. The number of halogens is 1. The first-order valence-electron chi connectivity index (χ1n) is 11.2. The number of ether oxygens (including phenoxy) is 2. The molecule has 1 unspecified atom stereocenters. The lowest BCUT2D eigenvalue weighted by Gasteiger charge is -2.25. The molecule has 36 heavy (non-hydrogen) atoms. The van der Waals surface area contributed by atoms with E-state index >= 15 is 0 Å². The second-order valence-electron chi connectivity index (χ2n) is 8.43. The molecular weight excluding hydrogens is 480 g/mol. The number of aliphatic hydroxyl groups excluding tert-OH is 1. The van der Waals surface area contributed by atoms with E-state index in [2.05, 4.69) is 0 Å². The van der Waals surface area contributed by atoms with Crippen molar-refractivity contribution in [1.29, 1.82) is 0 Å². The van der Waals surface area contributed by atoms with Gasteiger partial charge in [-0.25, -0.2) is 0 Å². The van der Waals surface area contributed by atoms with Gasteiger partial charge in [-0.15, -0.1) is 0 Å². The van der Waals surface area contributed by atoms with Gasteiger partial charge < -0.3 is 19.1 Å². The number of para-hydroxylation sites is 1. The highest BCUT2D eigenvalue weighted by Crippen LogP contribution is 2.45. The molecule has 1 amide bonds. The highest BCUT2D eigenvalue weighted by Gasteiger charge is 2.48. The maximum atomic E-state index is 13.5. The molecule has 7 nitrogen and oxygen atoms in total. The molecule has 3 aromatic carbocycles. The molecule has 0 saturated carbocycles. The molecule has 2 heterocycles. The average molecular weight is 503 g/mol. The van der Waals surface area contributed by atoms with Crippen LogP contribution in [0.25, 0.3) is 16.7 Å². The van der Waals surface area contributed by atoms with Crippen molar-refractivity contribution in [3.8, 4) is 11.5 Å². The highest BCUT2D eigenvalue weighted by atomic mass is 35.5. The number of Topliss-reactive ketones (excluding diaryl/α,β-unsaturated/α-hetero) is 1. The lowest BCUT2D eigenvalue weighted by Crippen LogP contribution is -2.29. The summed E-state index contributed by atoms with van der Waals surface area (Å²) in [6.07, 6.45) is 1.87. The van der Waals surface area contributed by atoms with Gasteiger partial charge in [-0.3, -0.25) is 14.5 Å². The summed E-state index contributed by atoms with van der Waals surface area (Å²) >= 11 is 6.41. The summed E-state index contributed by atoms with van der Waals surface area (Å²) in [5.74, 6) is -0.864. The molecule has 4 aromatic rings. The minimum atomic E-state index is -0.897. The third-order valence-corrected chi connectivity index (χ3v) is 6.78. The number of amides is 1. The predicted octanol–water partition coefficient (Wildman–Crippen LogP) is 5.48. The summed E-state index contributed by atoms with van der Waals surface area (Å²) in [6.45, 7) is 0. The van der Waals surface area contributed by atoms with E-state index in [1.165, 1.54) is 12.0 Å². The summed E-state index contributed by atoms with van der Waals surface area (Å²) < 4.78 is 12.5. The molecule has 1 N–H and O–H groups in total. The van der Waals surface area contributed by atoms with Crippen molar-refractivity contribution < 1.29 is 24.2 Å². The number of rotatable bonds is 5. The van der Waals surface area contributed by atoms with Gasteiger partial charge in [-0.1, -0.05) is 29.8 Å². The van der Waals surface area contributed by atoms with E-state index < -0.39 is 17.7 Å². The maximum Gasteiger partial charge on any atom is 0.300 e. The molecule has 1 fully saturated rings. The number of hydrogen-bond donors (Lipinski definition) is 1. The number of nitrogens with zero attached hydrogens (tertiary/aromatic N) is 2. The Kier molecular flexibility index (Phi) is 5.94. The normalized spacial score (nSPS) is 17.1. The van der Waals surface area contributed by atoms with Crippen molar-refractivity contribution in [3.05, 3.63) is 94.6 Å². The quantitative estimate of drug-likeness (QED) is 0.222. The molecular formula is C28H23ClN2O5. The standard InChI is InChI=1S/C28H23ClN2O5/c1-30-15-21(19-6-4-5-7-23(19)30)25-24(26(32)20-14-18(36-3)12-13-22(20)29)27(33)28(34)31(25)16-8-10-17(35-2)11-9-16/h4-15,25,32H,1-3H3/b26-24+. The van der Waals surface area contributed by atoms with E-state index in [9.17, 15) is 14.7 Å². The summed E-state index contributed by atoms with van der Waals surface area (Å²) in [7, 11) is 4.94. The van der Waals surface area contributed by atoms with Gasteiger partial charge in [-0.2, -0.15) is 0 Å². The van der Waals surface area contributed by atoms with Crippen molar-refractivity contribution >= 4 is 45.6 Å². The fourth-order valence-corrected chi connectivity index (χ4v) is 4.89. The van der Waals surface area contributed by atoms with Gasteiger partial charge in [0, 0.05) is 41.0 Å². The minimum absolute atomic E-state index is 0.0534. The molecule has 182 valence electrons. The summed E-state index contributed by atoms with van der Waals surface area (Å²) in [4.78, 5) is 28.4. The Morgan fingerprint density at radius 1 is 0.944 bits per heavy atom. The first-order chi connectivity index (χ1) is 17.3. The number of carbonyl (C=O) groups is 2. The van der Waals surface area contributed by atoms with Gasteiger partial charge in [0.25, 0.3) is 11.7 Å². The minimum Gasteiger partial charge on any atom is -0.507 e. The zero-order chi connectivity index (χ0) is 25.6. The van der Waals surface area contributed by atoms with Gasteiger partial charge in [-0.05, 0) is 48.5 Å². The summed E-state index contributed by atoms with van der Waals surface area (Å²) in [5, 5.41) is 12.6. The molecule has 1 aliphatic rings. The molecule has 5 rings (SSSR count). The predicted molar refractivity (Wildman–Crippen MR) is 139 cm³/mol. The van der Waals surface area contributed by atoms with Crippen LogP contribution >= 0.6 is 11.6 Å². The molecule has 1 aliphatic heterocycles. The van der Waals surface area contributed by atoms with E-state index in [0.29, 0.717) is 22.7 Å². The molecule has 1 saturated heterocycles. The van der Waals surface area contributed by atoms with Crippen LogP contribution < -0.4 is 14.4 Å². The van der Waals surface area contributed by atoms with Crippen LogP contribution in [0.2, 0.25) is 5.02 Å². The van der Waals surface area contributed by atoms with E-state index in [4.69, 9.17) is 21.1 Å². The van der Waals surface area contributed by atoms with Crippen LogP contribution in [-0.2, 0) is 16.6 Å². The molecule has 8 heteroatoms. The van der Waals surface area contributed by atoms with Gasteiger partial charge in [0.2, 0.25) is 0 Å². The molecule has 0 aliphatic carbocycles. The Labute approximate surface area is 212 Å². The van der Waals surface area contributed by atoms with Gasteiger partial charge in [0.05, 0.1) is 30.9 Å². The lowest BCUT2D eigenvalue weighted by molar-refractivity contribution is -0.132. The molecule has 1 atom stereocenters. The van der Waals surface area contributed by atoms with Crippen LogP contribution in [0.1, 0.15) is 17.2 Å². The number of methoxy groups -OCH3 is 2. The average Bonchev–Trinajstić information content (AvgIpc) is 3.37. The smallest absolute Gasteiger partial charge is 0.300 e. The van der Waals surface area contributed by atoms with Crippen molar-refractivity contribution in [2.24, 2.45) is 7.05 Å². The Balaban J connectivity index is 1.80. The number of ketones is 1. The second kappa shape index (κ2) is 9.09. The van der Waals surface area contributed by atoms with Gasteiger partial charge in [0.1, 0.15) is 17.3 Å². The van der Waals surface area contributed by atoms with E-state index in [-0.39, 0.29) is 21.9 Å². The van der Waals surface area contributed by atoms with E-state index in [1.807, 2.05) is 42.1 Å². The monoisotopic (exact) mass is 502 g/mol. The Morgan fingerprint density at radius 3 is 2.31 bits per heavy atom. The number of aliphatic hydroxyl groups is 1. The number of anilines is 1. The zero-order valence-electron chi connectivity index (χ0n) is 19.9. The highest BCUT2D eigenvalue weighted by molar-refractivity contribution is 6.52. The Morgan fingerprint density at radius 2 is 1.61 bits per heavy atom. The van der Waals surface area contributed by atoms with Crippen LogP contribution in [0.4, 0.5) is 5.69 Å². The fraction of sp³-hybridized carbons (Fsp3) is 0.143. The molecule has 0 bridgehead atoms. The fourth-order valence-electron chi connectivity index (χ4n) is 4.68. The van der Waals surface area contributed by atoms with Crippen molar-refractivity contribution in [2.45, 2.75) is 6.04 Å². The Bertz CT molecular complexity index is 1540. The van der Waals surface area contributed by atoms with Crippen LogP contribution in [0.15, 0.2) is 78.5 Å². The van der Waals surface area contributed by atoms with E-state index in [1.54, 1.807) is 49.6 Å². The van der Waals surface area contributed by atoms with Crippen molar-refractivity contribution in [1.82, 2.24) is 4.57 Å². The van der Waals surface area contributed by atoms with Crippen molar-refractivity contribution in [2.75, 3.05) is 19.1 Å². The van der Waals surface area contributed by atoms with Crippen LogP contribution in [-0.4, -0.2) is 35.6 Å². The van der Waals surface area contributed by atoms with Gasteiger partial charge >= 0.3 is 0 Å². The first-order valence-corrected chi connectivity index (χ1v) is 11.6. The molecule has 0 spiro atoms. The zero-order valence-corrected chi connectivity index (χ0v) is 20.6. The number of aryl methyl sites for hydroxylation is 1. The Hall–Kier alpha value is -4.23. The second-order valence-corrected chi connectivity index (χ2v) is 8.83. The van der Waals surface area contributed by atoms with Crippen LogP contribution in [0.3, 0.4) is 0 Å². The summed E-state index contributed by atoms with van der Waals surface area (Å²) in [5.41, 5.74) is 2.26. The number of benzene rings is 3. The number of hydrogen-bond acceptors (Lipinski definition) is 5. The third-order valence-electron chi connectivity index (χ3n) is 6.45. The maximum absolute atomic E-state index is 13.5. The lowest BCUT2D eigenvalue weighted by atomic mass is 9.94. The molecule has 0 radical (unpaired) electrons. The third kappa shape index (κ3) is 3.69. The topological polar surface area (TPSA) is 81.0 Å². The van der Waals surface area contributed by atoms with Crippen LogP contribution in [0, 0.1) is 0 Å². The van der Waals surface area contributed by atoms with Crippen molar-refractivity contribution in [3.63, 3.8) is 0 Å². The number of aromatic nitrogens is 1. The number of carbonyl (C=O) groups excluding carboxylic acids is 2. The van der Waals surface area contributed by atoms with E-state index in [0.717, 1.165) is 10.9 Å². The summed E-state index contributed by atoms with van der Waals surface area (Å²) in [6, 6.07) is 18.4. The van der Waals surface area contributed by atoms with Crippen LogP contribution in [0.5, 0.6) is 11.5 Å². The largest absolute Gasteiger partial charge is 0.507 e. The SMILES string of the molecule is COc1ccc(N2C(=O)C(=O)/C(=C(/O)c3cc(OC)ccc3Cl)C2c2cn(C)c3ccccc23)cc1. The van der Waals surface area contributed by atoms with Gasteiger partial charge in [0.15, 0.2) is 0 Å². The number of fused-ring (bicyclic) bond motifs is 1. The first kappa shape index (κ1) is 23.5.